The number of carbonyl (C=O) groups is 6. The van der Waals surface area contributed by atoms with Crippen LogP contribution < -0.4 is 22.1 Å². The zero-order valence-corrected chi connectivity index (χ0v) is 16.8. The number of aliphatic carboxylic acids is 2. The van der Waals surface area contributed by atoms with Crippen molar-refractivity contribution in [3.05, 3.63) is 0 Å². The first-order valence-electron chi connectivity index (χ1n) is 9.42. The predicted molar refractivity (Wildman–Crippen MR) is 102 cm³/mol. The number of nitrogens with zero attached hydrogens (tertiary/aromatic N) is 1. The van der Waals surface area contributed by atoms with Crippen molar-refractivity contribution in [1.82, 2.24) is 15.5 Å². The highest BCUT2D eigenvalue weighted by Gasteiger charge is 2.40. The summed E-state index contributed by atoms with van der Waals surface area (Å²) in [6.45, 7) is 1.29. The van der Waals surface area contributed by atoms with Crippen LogP contribution in [0.2, 0.25) is 0 Å². The van der Waals surface area contributed by atoms with Gasteiger partial charge in [0.05, 0.1) is 25.0 Å². The average molecular weight is 445 g/mol. The van der Waals surface area contributed by atoms with Crippen molar-refractivity contribution in [1.29, 1.82) is 0 Å². The number of carboxylic acid groups (broad SMARTS) is 2. The van der Waals surface area contributed by atoms with Crippen molar-refractivity contribution in [2.75, 3.05) is 6.54 Å². The summed E-state index contributed by atoms with van der Waals surface area (Å²) in [4.78, 5) is 71.7. The number of primary amides is 1. The van der Waals surface area contributed by atoms with Crippen molar-refractivity contribution in [3.8, 4) is 0 Å². The molecular weight excluding hydrogens is 418 g/mol. The van der Waals surface area contributed by atoms with Crippen LogP contribution in [-0.4, -0.2) is 92.6 Å². The molecule has 1 aliphatic heterocycles. The van der Waals surface area contributed by atoms with E-state index in [4.69, 9.17) is 16.6 Å². The standard InChI is InChI=1S/C17H27N5O9/c1-7(23)13(16(29)22-4-2-3-10(22)17(30)31)21-15(28)9(6-12(25)26)20-14(27)8(18)5-11(19)24/h7-10,13,23H,2-6,18H2,1H3,(H2,19,24)(H,20,27)(H,21,28)(H,25,26)(H,30,31). The fourth-order valence-corrected chi connectivity index (χ4v) is 3.08. The number of aliphatic hydroxyl groups is 1. The second kappa shape index (κ2) is 11.2. The van der Waals surface area contributed by atoms with Gasteiger partial charge in [-0.1, -0.05) is 0 Å². The van der Waals surface area contributed by atoms with E-state index in [1.807, 2.05) is 0 Å². The molecule has 0 aromatic rings. The van der Waals surface area contributed by atoms with E-state index < -0.39 is 78.7 Å². The van der Waals surface area contributed by atoms with Crippen LogP contribution in [0, 0.1) is 0 Å². The monoisotopic (exact) mass is 445 g/mol. The Labute approximate surface area is 176 Å². The minimum Gasteiger partial charge on any atom is -0.481 e. The van der Waals surface area contributed by atoms with Gasteiger partial charge in [-0.05, 0) is 19.8 Å². The number of nitrogens with one attached hydrogen (secondary N) is 2. The molecule has 14 nitrogen and oxygen atoms in total. The summed E-state index contributed by atoms with van der Waals surface area (Å²) in [6.07, 6.45) is -2.27. The van der Waals surface area contributed by atoms with E-state index in [1.54, 1.807) is 0 Å². The van der Waals surface area contributed by atoms with Gasteiger partial charge in [-0.15, -0.1) is 0 Å². The largest absolute Gasteiger partial charge is 0.481 e. The molecule has 9 N–H and O–H groups in total. The molecule has 0 aromatic heterocycles. The number of carbonyl (C=O) groups excluding carboxylic acids is 4. The molecule has 0 bridgehead atoms. The first kappa shape index (κ1) is 25.8. The molecule has 0 radical (unpaired) electrons. The summed E-state index contributed by atoms with van der Waals surface area (Å²) in [5.74, 6) is -6.59. The molecule has 0 aromatic carbocycles. The molecule has 5 unspecified atom stereocenters. The fraction of sp³-hybridized carbons (Fsp3) is 0.647. The number of carboxylic acids is 2. The Bertz CT molecular complexity index is 742. The van der Waals surface area contributed by atoms with E-state index in [1.165, 1.54) is 6.92 Å². The van der Waals surface area contributed by atoms with Gasteiger partial charge in [0.25, 0.3) is 0 Å². The number of likely N-dealkylation sites (tertiary alicyclic amines) is 1. The van der Waals surface area contributed by atoms with Crippen LogP contribution in [0.4, 0.5) is 0 Å². The summed E-state index contributed by atoms with van der Waals surface area (Å²) in [6, 6.07) is -5.82. The smallest absolute Gasteiger partial charge is 0.326 e. The molecule has 0 saturated carbocycles. The Morgan fingerprint density at radius 2 is 1.68 bits per heavy atom. The molecule has 174 valence electrons. The first-order chi connectivity index (χ1) is 14.3. The van der Waals surface area contributed by atoms with Gasteiger partial charge in [-0.2, -0.15) is 0 Å². The van der Waals surface area contributed by atoms with E-state index in [0.29, 0.717) is 6.42 Å². The molecule has 31 heavy (non-hydrogen) atoms. The Balaban J connectivity index is 2.97. The zero-order valence-electron chi connectivity index (χ0n) is 16.8. The van der Waals surface area contributed by atoms with Crippen LogP contribution in [0.3, 0.4) is 0 Å². The molecule has 0 spiro atoms. The number of hydrogen-bond donors (Lipinski definition) is 7. The highest BCUT2D eigenvalue weighted by atomic mass is 16.4. The van der Waals surface area contributed by atoms with Crippen molar-refractivity contribution >= 4 is 35.6 Å². The van der Waals surface area contributed by atoms with E-state index in [2.05, 4.69) is 10.6 Å². The Hall–Kier alpha value is -3.26. The van der Waals surface area contributed by atoms with Gasteiger partial charge in [0.1, 0.15) is 18.1 Å². The zero-order chi connectivity index (χ0) is 23.9. The van der Waals surface area contributed by atoms with Crippen molar-refractivity contribution in [2.45, 2.75) is 62.9 Å². The number of rotatable bonds is 11. The minimum absolute atomic E-state index is 0.103. The summed E-state index contributed by atoms with van der Waals surface area (Å²) in [5, 5.41) is 32.5. The molecule has 14 heteroatoms. The lowest BCUT2D eigenvalue weighted by molar-refractivity contribution is -0.151. The SMILES string of the molecule is CC(O)C(NC(=O)C(CC(=O)O)NC(=O)C(N)CC(N)=O)C(=O)N1CCCC1C(=O)O. The second-order valence-electron chi connectivity index (χ2n) is 7.19. The molecule has 5 atom stereocenters. The third kappa shape index (κ3) is 7.49. The number of aliphatic hydroxyl groups excluding tert-OH is 1. The maximum Gasteiger partial charge on any atom is 0.326 e. The van der Waals surface area contributed by atoms with E-state index >= 15 is 0 Å². The van der Waals surface area contributed by atoms with Crippen molar-refractivity contribution in [2.24, 2.45) is 11.5 Å². The molecule has 1 saturated heterocycles. The lowest BCUT2D eigenvalue weighted by atomic mass is 10.1. The molecule has 1 aliphatic rings. The van der Waals surface area contributed by atoms with Crippen LogP contribution in [0.15, 0.2) is 0 Å². The van der Waals surface area contributed by atoms with Gasteiger partial charge in [0.15, 0.2) is 0 Å². The van der Waals surface area contributed by atoms with Gasteiger partial charge in [0, 0.05) is 6.54 Å². The Kier molecular flexibility index (Phi) is 9.33. The fourth-order valence-electron chi connectivity index (χ4n) is 3.08. The summed E-state index contributed by atoms with van der Waals surface area (Å²) in [7, 11) is 0. The van der Waals surface area contributed by atoms with Crippen molar-refractivity contribution < 1.29 is 44.1 Å². The summed E-state index contributed by atoms with van der Waals surface area (Å²) >= 11 is 0. The molecule has 0 aliphatic carbocycles. The lowest BCUT2D eigenvalue weighted by Gasteiger charge is -2.30. The van der Waals surface area contributed by atoms with Crippen molar-refractivity contribution in [3.63, 3.8) is 0 Å². The lowest BCUT2D eigenvalue weighted by Crippen LogP contribution is -2.60. The van der Waals surface area contributed by atoms with E-state index in [-0.39, 0.29) is 13.0 Å². The molecule has 1 fully saturated rings. The topological polar surface area (TPSA) is 242 Å². The van der Waals surface area contributed by atoms with E-state index in [0.717, 1.165) is 4.90 Å². The number of amides is 4. The highest BCUT2D eigenvalue weighted by Crippen LogP contribution is 2.19. The van der Waals surface area contributed by atoms with E-state index in [9.17, 15) is 39.0 Å². The molecule has 1 heterocycles. The molecular formula is C17H27N5O9. The molecule has 4 amide bonds. The van der Waals surface area contributed by atoms with Crippen LogP contribution >= 0.6 is 0 Å². The maximum absolute atomic E-state index is 12.7. The van der Waals surface area contributed by atoms with Gasteiger partial charge in [0.2, 0.25) is 23.6 Å². The summed E-state index contributed by atoms with van der Waals surface area (Å²) < 4.78 is 0. The third-order valence-corrected chi connectivity index (χ3v) is 4.64. The summed E-state index contributed by atoms with van der Waals surface area (Å²) in [5.41, 5.74) is 10.4. The van der Waals surface area contributed by atoms with Gasteiger partial charge < -0.3 is 42.3 Å². The first-order valence-corrected chi connectivity index (χ1v) is 9.42. The van der Waals surface area contributed by atoms with Gasteiger partial charge in [-0.3, -0.25) is 24.0 Å². The second-order valence-corrected chi connectivity index (χ2v) is 7.19. The Morgan fingerprint density at radius 3 is 2.16 bits per heavy atom. The van der Waals surface area contributed by atoms with Crippen LogP contribution in [0.5, 0.6) is 0 Å². The quantitative estimate of drug-likeness (QED) is 0.163. The van der Waals surface area contributed by atoms with Gasteiger partial charge >= 0.3 is 11.9 Å². The normalized spacial score (nSPS) is 19.6. The number of nitrogens with two attached hydrogens (primary N) is 2. The minimum atomic E-state index is -1.69. The Morgan fingerprint density at radius 1 is 1.06 bits per heavy atom. The predicted octanol–water partition coefficient (Wildman–Crippen LogP) is -3.91. The maximum atomic E-state index is 12.7. The number of hydrogen-bond acceptors (Lipinski definition) is 8. The average Bonchev–Trinajstić information content (AvgIpc) is 3.13. The third-order valence-electron chi connectivity index (χ3n) is 4.64. The highest BCUT2D eigenvalue weighted by molar-refractivity contribution is 5.96. The molecule has 1 rings (SSSR count). The van der Waals surface area contributed by atoms with Crippen LogP contribution in [-0.2, 0) is 28.8 Å². The van der Waals surface area contributed by atoms with Gasteiger partial charge in [-0.25, -0.2) is 4.79 Å². The van der Waals surface area contributed by atoms with Crippen LogP contribution in [0.25, 0.3) is 0 Å². The van der Waals surface area contributed by atoms with Crippen LogP contribution in [0.1, 0.15) is 32.6 Å².